The summed E-state index contributed by atoms with van der Waals surface area (Å²) in [5.41, 5.74) is 4.82. The van der Waals surface area contributed by atoms with E-state index < -0.39 is 17.7 Å². The van der Waals surface area contributed by atoms with E-state index in [0.29, 0.717) is 12.2 Å². The lowest BCUT2D eigenvalue weighted by Crippen LogP contribution is -2.32. The van der Waals surface area contributed by atoms with Crippen LogP contribution in [0.15, 0.2) is 53.7 Å². The number of carbonyl (C=O) groups is 3. The van der Waals surface area contributed by atoms with Gasteiger partial charge in [-0.05, 0) is 44.0 Å². The van der Waals surface area contributed by atoms with Gasteiger partial charge in [0, 0.05) is 25.0 Å². The largest absolute Gasteiger partial charge is 0.351 e. The molecule has 0 fully saturated rings. The normalized spacial score (nSPS) is 18.3. The molecule has 2 aromatic carbocycles. The van der Waals surface area contributed by atoms with E-state index in [-0.39, 0.29) is 17.2 Å². The fourth-order valence-electron chi connectivity index (χ4n) is 4.22. The summed E-state index contributed by atoms with van der Waals surface area (Å²) in [5, 5.41) is 3.13. The van der Waals surface area contributed by atoms with Gasteiger partial charge in [-0.25, -0.2) is 0 Å². The van der Waals surface area contributed by atoms with Crippen molar-refractivity contribution in [3.8, 4) is 0 Å². The second kappa shape index (κ2) is 8.02. The smallest absolute Gasteiger partial charge is 0.277 e. The average molecular weight is 418 g/mol. The maximum absolute atomic E-state index is 13.6. The number of likely N-dealkylation sites (N-methyl/N-ethyl adjacent to an activating group) is 1. The van der Waals surface area contributed by atoms with Crippen LogP contribution < -0.4 is 10.2 Å². The van der Waals surface area contributed by atoms with Gasteiger partial charge in [-0.3, -0.25) is 19.3 Å². The molecule has 6 nitrogen and oxygen atoms in total. The highest BCUT2D eigenvalue weighted by molar-refractivity contribution is 6.25. The molecule has 0 bridgehead atoms. The Morgan fingerprint density at radius 2 is 1.61 bits per heavy atom. The van der Waals surface area contributed by atoms with Crippen LogP contribution in [-0.2, 0) is 14.4 Å². The van der Waals surface area contributed by atoms with Gasteiger partial charge in [-0.2, -0.15) is 0 Å². The summed E-state index contributed by atoms with van der Waals surface area (Å²) in [6, 6.07) is 13.4. The number of rotatable bonds is 6. The topological polar surface area (TPSA) is 69.7 Å². The maximum atomic E-state index is 13.6. The Morgan fingerprint density at radius 1 is 0.935 bits per heavy atom. The van der Waals surface area contributed by atoms with Crippen LogP contribution in [0.2, 0.25) is 0 Å². The number of hydrogen-bond acceptors (Lipinski definition) is 4. The zero-order valence-corrected chi connectivity index (χ0v) is 18.4. The van der Waals surface area contributed by atoms with E-state index in [1.807, 2.05) is 56.3 Å². The molecule has 31 heavy (non-hydrogen) atoms. The number of nitrogens with one attached hydrogen (secondary N) is 1. The van der Waals surface area contributed by atoms with Crippen LogP contribution in [0, 0.1) is 13.8 Å². The fraction of sp³-hybridized carbons (Fsp3) is 0.320. The molecule has 3 amide bonds. The standard InChI is InChI=1S/C25H27N3O3/c1-5-6-13-28-19-12-9-16(3)14-18(19)20(24(28)30)21-22(25(31)27(4)23(21)29)26-17-10-7-15(2)8-11-17/h7-12,14,20,26H,5-6,13H2,1-4H3. The van der Waals surface area contributed by atoms with Gasteiger partial charge in [0.25, 0.3) is 11.8 Å². The number of fused-ring (bicyclic) bond motifs is 1. The van der Waals surface area contributed by atoms with Crippen molar-refractivity contribution in [2.75, 3.05) is 23.8 Å². The van der Waals surface area contributed by atoms with Crippen LogP contribution in [0.4, 0.5) is 11.4 Å². The summed E-state index contributed by atoms with van der Waals surface area (Å²) in [6.45, 7) is 6.61. The van der Waals surface area contributed by atoms with Gasteiger partial charge in [0.1, 0.15) is 5.70 Å². The Balaban J connectivity index is 1.84. The predicted molar refractivity (Wildman–Crippen MR) is 121 cm³/mol. The zero-order chi connectivity index (χ0) is 22.3. The van der Waals surface area contributed by atoms with Crippen molar-refractivity contribution in [2.24, 2.45) is 0 Å². The molecule has 4 rings (SSSR count). The number of aryl methyl sites for hydroxylation is 2. The highest BCUT2D eigenvalue weighted by Crippen LogP contribution is 2.45. The molecule has 2 aliphatic rings. The van der Waals surface area contributed by atoms with Crippen molar-refractivity contribution in [2.45, 2.75) is 39.5 Å². The molecule has 6 heteroatoms. The van der Waals surface area contributed by atoms with E-state index in [0.717, 1.165) is 40.1 Å². The minimum atomic E-state index is -0.791. The Hall–Kier alpha value is -3.41. The molecule has 0 aliphatic carbocycles. The van der Waals surface area contributed by atoms with Crippen LogP contribution in [0.25, 0.3) is 0 Å². The lowest BCUT2D eigenvalue weighted by atomic mass is 9.90. The number of hydrogen-bond donors (Lipinski definition) is 1. The lowest BCUT2D eigenvalue weighted by molar-refractivity contribution is -0.136. The number of unbranched alkanes of at least 4 members (excludes halogenated alkanes) is 1. The summed E-state index contributed by atoms with van der Waals surface area (Å²) in [5.74, 6) is -1.79. The minimum absolute atomic E-state index is 0.149. The van der Waals surface area contributed by atoms with Crippen LogP contribution in [-0.4, -0.2) is 36.2 Å². The van der Waals surface area contributed by atoms with Gasteiger partial charge in [0.05, 0.1) is 11.5 Å². The summed E-state index contributed by atoms with van der Waals surface area (Å²) >= 11 is 0. The summed E-state index contributed by atoms with van der Waals surface area (Å²) in [6.07, 6.45) is 1.82. The lowest BCUT2D eigenvalue weighted by Gasteiger charge is -2.18. The molecule has 2 heterocycles. The molecule has 0 saturated heterocycles. The van der Waals surface area contributed by atoms with Crippen LogP contribution in [0.5, 0.6) is 0 Å². The number of imide groups is 1. The van der Waals surface area contributed by atoms with Crippen LogP contribution >= 0.6 is 0 Å². The Labute approximate surface area is 182 Å². The second-order valence-corrected chi connectivity index (χ2v) is 8.29. The first-order chi connectivity index (χ1) is 14.8. The second-order valence-electron chi connectivity index (χ2n) is 8.29. The first-order valence-corrected chi connectivity index (χ1v) is 10.7. The SMILES string of the molecule is CCCCN1C(=O)C(C2=C(Nc3ccc(C)cc3)C(=O)N(C)C2=O)c2cc(C)ccc21. The van der Waals surface area contributed by atoms with E-state index in [9.17, 15) is 14.4 Å². The molecule has 1 unspecified atom stereocenters. The number of nitrogens with zero attached hydrogens (tertiary/aromatic N) is 2. The van der Waals surface area contributed by atoms with Crippen LogP contribution in [0.1, 0.15) is 42.4 Å². The first kappa shape index (κ1) is 20.8. The molecule has 160 valence electrons. The Morgan fingerprint density at radius 3 is 2.29 bits per heavy atom. The van der Waals surface area contributed by atoms with Crippen molar-refractivity contribution in [1.29, 1.82) is 0 Å². The summed E-state index contributed by atoms with van der Waals surface area (Å²) in [4.78, 5) is 42.5. The molecular weight excluding hydrogens is 390 g/mol. The van der Waals surface area contributed by atoms with Crippen molar-refractivity contribution in [3.05, 3.63) is 70.4 Å². The molecular formula is C25H27N3O3. The fourth-order valence-corrected chi connectivity index (χ4v) is 4.22. The highest BCUT2D eigenvalue weighted by Gasteiger charge is 2.48. The van der Waals surface area contributed by atoms with Gasteiger partial charge in [0.2, 0.25) is 5.91 Å². The Bertz CT molecular complexity index is 1100. The number of benzene rings is 2. The number of carbonyl (C=O) groups excluding carboxylic acids is 3. The maximum Gasteiger partial charge on any atom is 0.277 e. The minimum Gasteiger partial charge on any atom is -0.351 e. The van der Waals surface area contributed by atoms with Crippen molar-refractivity contribution in [1.82, 2.24) is 4.90 Å². The van der Waals surface area contributed by atoms with Crippen molar-refractivity contribution in [3.63, 3.8) is 0 Å². The molecule has 1 atom stereocenters. The van der Waals surface area contributed by atoms with Gasteiger partial charge in [0.15, 0.2) is 0 Å². The molecule has 0 saturated carbocycles. The van der Waals surface area contributed by atoms with Gasteiger partial charge < -0.3 is 10.2 Å². The quantitative estimate of drug-likeness (QED) is 0.724. The van der Waals surface area contributed by atoms with E-state index in [1.165, 1.54) is 7.05 Å². The molecule has 0 spiro atoms. The van der Waals surface area contributed by atoms with Crippen molar-refractivity contribution < 1.29 is 14.4 Å². The molecule has 2 aromatic rings. The third kappa shape index (κ3) is 3.52. The van der Waals surface area contributed by atoms with E-state index >= 15 is 0 Å². The van der Waals surface area contributed by atoms with E-state index in [4.69, 9.17) is 0 Å². The number of amides is 3. The average Bonchev–Trinajstić information content (AvgIpc) is 3.12. The zero-order valence-electron chi connectivity index (χ0n) is 18.4. The molecule has 0 radical (unpaired) electrons. The third-order valence-corrected chi connectivity index (χ3v) is 5.97. The summed E-state index contributed by atoms with van der Waals surface area (Å²) < 4.78 is 0. The van der Waals surface area contributed by atoms with E-state index in [1.54, 1.807) is 4.90 Å². The molecule has 0 aromatic heterocycles. The monoisotopic (exact) mass is 417 g/mol. The summed E-state index contributed by atoms with van der Waals surface area (Å²) in [7, 11) is 1.46. The third-order valence-electron chi connectivity index (χ3n) is 5.97. The Kier molecular flexibility index (Phi) is 5.39. The van der Waals surface area contributed by atoms with Gasteiger partial charge >= 0.3 is 0 Å². The van der Waals surface area contributed by atoms with Crippen LogP contribution in [0.3, 0.4) is 0 Å². The molecule has 2 aliphatic heterocycles. The van der Waals surface area contributed by atoms with Crippen molar-refractivity contribution >= 4 is 29.1 Å². The van der Waals surface area contributed by atoms with Gasteiger partial charge in [-0.1, -0.05) is 48.7 Å². The number of anilines is 2. The van der Waals surface area contributed by atoms with E-state index in [2.05, 4.69) is 12.2 Å². The highest BCUT2D eigenvalue weighted by atomic mass is 16.2. The first-order valence-electron chi connectivity index (χ1n) is 10.7. The molecule has 1 N–H and O–H groups in total. The predicted octanol–water partition coefficient (Wildman–Crippen LogP) is 3.90. The van der Waals surface area contributed by atoms with Gasteiger partial charge in [-0.15, -0.1) is 0 Å².